The SMILES string of the molecule is CC(C)(C)OC(=O)N1CCN(c2ccc(-c3ccc4cn([C@@H](C(=O)Nc5nccs5)c5ccccc5)nc4c3F)cc2)CC1. The third-order valence-electron chi connectivity index (χ3n) is 7.40. The number of amides is 2. The Morgan fingerprint density at radius 2 is 1.70 bits per heavy atom. The Labute approximate surface area is 258 Å². The van der Waals surface area contributed by atoms with Gasteiger partial charge in [-0.1, -0.05) is 54.6 Å². The van der Waals surface area contributed by atoms with E-state index in [-0.39, 0.29) is 17.5 Å². The predicted octanol–water partition coefficient (Wildman–Crippen LogP) is 6.58. The summed E-state index contributed by atoms with van der Waals surface area (Å²) in [5, 5.41) is 10.3. The van der Waals surface area contributed by atoms with Crippen molar-refractivity contribution >= 4 is 45.1 Å². The fourth-order valence-electron chi connectivity index (χ4n) is 5.27. The maximum atomic E-state index is 16.0. The van der Waals surface area contributed by atoms with Crippen molar-refractivity contribution < 1.29 is 18.7 Å². The first-order valence-electron chi connectivity index (χ1n) is 14.4. The van der Waals surface area contributed by atoms with Crippen LogP contribution in [0, 0.1) is 5.82 Å². The molecule has 1 N–H and O–H groups in total. The van der Waals surface area contributed by atoms with E-state index in [9.17, 15) is 9.59 Å². The summed E-state index contributed by atoms with van der Waals surface area (Å²) >= 11 is 1.32. The Bertz CT molecular complexity index is 1760. The van der Waals surface area contributed by atoms with Gasteiger partial charge in [0.05, 0.1) is 0 Å². The molecule has 5 aromatic rings. The third-order valence-corrected chi connectivity index (χ3v) is 8.09. The van der Waals surface area contributed by atoms with Crippen LogP contribution in [0.3, 0.4) is 0 Å². The van der Waals surface area contributed by atoms with Gasteiger partial charge in [-0.05, 0) is 44.0 Å². The molecule has 1 atom stereocenters. The van der Waals surface area contributed by atoms with E-state index in [0.29, 0.717) is 42.3 Å². The number of carbonyl (C=O) groups excluding carboxylic acids is 2. The fraction of sp³-hybridized carbons (Fsp3) is 0.273. The van der Waals surface area contributed by atoms with Crippen molar-refractivity contribution in [2.45, 2.75) is 32.4 Å². The fourth-order valence-corrected chi connectivity index (χ4v) is 5.80. The molecule has 0 spiro atoms. The summed E-state index contributed by atoms with van der Waals surface area (Å²) in [4.78, 5) is 33.9. The highest BCUT2D eigenvalue weighted by Gasteiger charge is 2.27. The lowest BCUT2D eigenvalue weighted by Gasteiger charge is -2.36. The second kappa shape index (κ2) is 12.1. The molecule has 3 heterocycles. The van der Waals surface area contributed by atoms with Crippen molar-refractivity contribution in [3.63, 3.8) is 0 Å². The second-order valence-corrected chi connectivity index (χ2v) is 12.5. The van der Waals surface area contributed by atoms with Crippen molar-refractivity contribution in [3.8, 4) is 11.1 Å². The van der Waals surface area contributed by atoms with Gasteiger partial charge < -0.3 is 14.5 Å². The molecule has 0 bridgehead atoms. The van der Waals surface area contributed by atoms with Crippen LogP contribution < -0.4 is 10.2 Å². The summed E-state index contributed by atoms with van der Waals surface area (Å²) in [5.74, 6) is -0.769. The number of anilines is 2. The van der Waals surface area contributed by atoms with Gasteiger partial charge in [-0.2, -0.15) is 5.10 Å². The molecular weight excluding hydrogens is 579 g/mol. The molecule has 1 aliphatic rings. The molecule has 44 heavy (non-hydrogen) atoms. The quantitative estimate of drug-likeness (QED) is 0.233. The molecule has 3 aromatic carbocycles. The lowest BCUT2D eigenvalue weighted by atomic mass is 10.0. The Balaban J connectivity index is 1.21. The number of carbonyl (C=O) groups is 2. The summed E-state index contributed by atoms with van der Waals surface area (Å²) in [6, 6.07) is 19.7. The van der Waals surface area contributed by atoms with E-state index in [1.54, 1.807) is 28.7 Å². The molecule has 0 unspecified atom stereocenters. The zero-order chi connectivity index (χ0) is 30.8. The van der Waals surface area contributed by atoms with E-state index >= 15 is 4.39 Å². The topological polar surface area (TPSA) is 92.6 Å². The van der Waals surface area contributed by atoms with Crippen molar-refractivity contribution in [1.29, 1.82) is 0 Å². The number of rotatable bonds is 6. The first kappa shape index (κ1) is 29.3. The van der Waals surface area contributed by atoms with Gasteiger partial charge in [-0.3, -0.25) is 14.8 Å². The van der Waals surface area contributed by atoms with Gasteiger partial charge in [0.25, 0.3) is 5.91 Å². The molecule has 2 aromatic heterocycles. The van der Waals surface area contributed by atoms with Crippen molar-refractivity contribution in [2.75, 3.05) is 36.4 Å². The van der Waals surface area contributed by atoms with Gasteiger partial charge >= 0.3 is 6.09 Å². The number of benzene rings is 3. The van der Waals surface area contributed by atoms with Crippen molar-refractivity contribution in [2.24, 2.45) is 0 Å². The van der Waals surface area contributed by atoms with Crippen LogP contribution in [-0.4, -0.2) is 63.4 Å². The normalized spacial score (nSPS) is 14.5. The lowest BCUT2D eigenvalue weighted by molar-refractivity contribution is -0.118. The van der Waals surface area contributed by atoms with Crippen LogP contribution in [0.25, 0.3) is 22.0 Å². The number of piperazine rings is 1. The van der Waals surface area contributed by atoms with Crippen LogP contribution in [0.5, 0.6) is 0 Å². The van der Waals surface area contributed by atoms with Crippen LogP contribution in [0.2, 0.25) is 0 Å². The molecule has 0 aliphatic carbocycles. The molecule has 6 rings (SSSR count). The van der Waals surface area contributed by atoms with E-state index in [1.807, 2.05) is 81.4 Å². The average Bonchev–Trinajstić information content (AvgIpc) is 3.68. The molecule has 226 valence electrons. The Kier molecular flexibility index (Phi) is 8.05. The number of hydrogen-bond acceptors (Lipinski definition) is 7. The van der Waals surface area contributed by atoms with Gasteiger partial charge in [-0.15, -0.1) is 11.3 Å². The van der Waals surface area contributed by atoms with Crippen LogP contribution in [0.4, 0.5) is 20.0 Å². The molecule has 11 heteroatoms. The predicted molar refractivity (Wildman–Crippen MR) is 170 cm³/mol. The lowest BCUT2D eigenvalue weighted by Crippen LogP contribution is -2.50. The standard InChI is InChI=1S/C33H33FN6O3S/c1-33(2,3)43-32(42)39-18-16-38(17-19-39)25-12-9-22(10-13-25)26-14-11-24-21-40(37-28(24)27(26)34)29(23-7-5-4-6-8-23)30(41)36-31-35-15-20-44-31/h4-15,20-21,29H,16-19H2,1-3H3,(H,35,36,41)/t29-/m1/s1. The monoisotopic (exact) mass is 612 g/mol. The summed E-state index contributed by atoms with van der Waals surface area (Å²) in [6.07, 6.45) is 3.02. The number of hydrogen-bond donors (Lipinski definition) is 1. The number of nitrogens with one attached hydrogen (secondary N) is 1. The van der Waals surface area contributed by atoms with E-state index in [0.717, 1.165) is 16.8 Å². The molecular formula is C33H33FN6O3S. The molecule has 0 saturated carbocycles. The van der Waals surface area contributed by atoms with E-state index in [2.05, 4.69) is 20.3 Å². The third kappa shape index (κ3) is 6.28. The first-order chi connectivity index (χ1) is 21.2. The smallest absolute Gasteiger partial charge is 0.410 e. The van der Waals surface area contributed by atoms with Crippen molar-refractivity contribution in [3.05, 3.63) is 95.9 Å². The minimum absolute atomic E-state index is 0.188. The molecule has 1 saturated heterocycles. The number of fused-ring (bicyclic) bond motifs is 1. The van der Waals surface area contributed by atoms with Gasteiger partial charge in [0.1, 0.15) is 11.1 Å². The van der Waals surface area contributed by atoms with Gasteiger partial charge in [-0.25, -0.2) is 14.2 Å². The Morgan fingerprint density at radius 3 is 2.36 bits per heavy atom. The number of nitrogens with zero attached hydrogens (tertiary/aromatic N) is 5. The van der Waals surface area contributed by atoms with Crippen LogP contribution in [0.1, 0.15) is 32.4 Å². The van der Waals surface area contributed by atoms with Crippen LogP contribution in [-0.2, 0) is 9.53 Å². The maximum absolute atomic E-state index is 16.0. The first-order valence-corrected chi connectivity index (χ1v) is 15.3. The largest absolute Gasteiger partial charge is 0.444 e. The van der Waals surface area contributed by atoms with Gasteiger partial charge in [0.2, 0.25) is 0 Å². The molecule has 2 amide bonds. The zero-order valence-electron chi connectivity index (χ0n) is 24.7. The highest BCUT2D eigenvalue weighted by molar-refractivity contribution is 7.13. The van der Waals surface area contributed by atoms with Crippen LogP contribution in [0.15, 0.2) is 84.5 Å². The number of thiazole rings is 1. The minimum atomic E-state index is -0.814. The highest BCUT2D eigenvalue weighted by atomic mass is 32.1. The Morgan fingerprint density at radius 1 is 0.977 bits per heavy atom. The van der Waals surface area contributed by atoms with E-state index < -0.39 is 17.5 Å². The van der Waals surface area contributed by atoms with Crippen molar-refractivity contribution in [1.82, 2.24) is 19.7 Å². The number of halogens is 1. The summed E-state index contributed by atoms with van der Waals surface area (Å²) < 4.78 is 23.0. The highest BCUT2D eigenvalue weighted by Crippen LogP contribution is 2.32. The Hall–Kier alpha value is -4.77. The molecule has 9 nitrogen and oxygen atoms in total. The number of aromatic nitrogens is 3. The summed E-state index contributed by atoms with van der Waals surface area (Å²) in [5.41, 5.74) is 2.52. The zero-order valence-corrected chi connectivity index (χ0v) is 25.6. The van der Waals surface area contributed by atoms with Gasteiger partial charge in [0.15, 0.2) is 17.0 Å². The maximum Gasteiger partial charge on any atom is 0.410 e. The van der Waals surface area contributed by atoms with E-state index in [4.69, 9.17) is 4.74 Å². The van der Waals surface area contributed by atoms with E-state index in [1.165, 1.54) is 16.0 Å². The van der Waals surface area contributed by atoms with Gasteiger partial charge in [0, 0.05) is 60.6 Å². The average molecular weight is 613 g/mol. The minimum Gasteiger partial charge on any atom is -0.444 e. The number of ether oxygens (including phenoxy) is 1. The van der Waals surface area contributed by atoms with Crippen LogP contribution >= 0.6 is 11.3 Å². The molecule has 1 fully saturated rings. The summed E-state index contributed by atoms with van der Waals surface area (Å²) in [7, 11) is 0. The summed E-state index contributed by atoms with van der Waals surface area (Å²) in [6.45, 7) is 8.07. The molecule has 1 aliphatic heterocycles. The second-order valence-electron chi connectivity index (χ2n) is 11.6. The molecule has 0 radical (unpaired) electrons.